The van der Waals surface area contributed by atoms with Crippen molar-refractivity contribution in [2.75, 3.05) is 12.4 Å². The van der Waals surface area contributed by atoms with Gasteiger partial charge in [0, 0.05) is 22.9 Å². The number of hydrogen-bond acceptors (Lipinski definition) is 4. The van der Waals surface area contributed by atoms with Crippen LogP contribution in [0.5, 0.6) is 11.5 Å². The van der Waals surface area contributed by atoms with E-state index in [1.54, 1.807) is 42.5 Å². The number of nitriles is 1. The van der Waals surface area contributed by atoms with Gasteiger partial charge in [0.1, 0.15) is 35.6 Å². The minimum atomic E-state index is -0.536. The van der Waals surface area contributed by atoms with E-state index in [-0.39, 0.29) is 18.0 Å². The van der Waals surface area contributed by atoms with Gasteiger partial charge in [-0.3, -0.25) is 4.79 Å². The summed E-state index contributed by atoms with van der Waals surface area (Å²) in [5.74, 6) is -0.0206. The number of nitrogens with one attached hydrogen (secondary N) is 1. The minimum absolute atomic E-state index is 0.0165. The van der Waals surface area contributed by atoms with Crippen molar-refractivity contribution in [3.05, 3.63) is 94.3 Å². The summed E-state index contributed by atoms with van der Waals surface area (Å²) in [5, 5.41) is 12.3. The van der Waals surface area contributed by atoms with Crippen LogP contribution in [0.2, 0.25) is 0 Å². The average Bonchev–Trinajstić information content (AvgIpc) is 2.79. The number of benzene rings is 3. The zero-order valence-corrected chi connectivity index (χ0v) is 18.1. The summed E-state index contributed by atoms with van der Waals surface area (Å²) in [6.45, 7) is 3.91. The number of anilines is 1. The van der Waals surface area contributed by atoms with Crippen LogP contribution in [0.3, 0.4) is 0 Å². The molecule has 3 rings (SSSR count). The van der Waals surface area contributed by atoms with Crippen LogP contribution in [0.15, 0.2) is 66.2 Å². The van der Waals surface area contributed by atoms with Gasteiger partial charge >= 0.3 is 0 Å². The fourth-order valence-corrected chi connectivity index (χ4v) is 2.98. The molecule has 0 heterocycles. The molecule has 162 valence electrons. The van der Waals surface area contributed by atoms with Gasteiger partial charge in [-0.05, 0) is 61.4 Å². The smallest absolute Gasteiger partial charge is 0.266 e. The van der Waals surface area contributed by atoms with E-state index in [4.69, 9.17) is 9.47 Å². The van der Waals surface area contributed by atoms with Crippen LogP contribution in [0.4, 0.5) is 10.1 Å². The molecule has 1 amide bonds. The number of rotatable bonds is 7. The second kappa shape index (κ2) is 10.3. The molecule has 0 bridgehead atoms. The van der Waals surface area contributed by atoms with Crippen LogP contribution >= 0.6 is 0 Å². The molecule has 5 nitrogen and oxygen atoms in total. The Morgan fingerprint density at radius 2 is 1.88 bits per heavy atom. The van der Waals surface area contributed by atoms with Gasteiger partial charge in [-0.1, -0.05) is 24.3 Å². The molecule has 0 aliphatic heterocycles. The molecule has 0 fully saturated rings. The Morgan fingerprint density at radius 3 is 2.56 bits per heavy atom. The van der Waals surface area contributed by atoms with Gasteiger partial charge in [-0.2, -0.15) is 5.26 Å². The van der Waals surface area contributed by atoms with Crippen molar-refractivity contribution in [2.45, 2.75) is 20.5 Å². The molecule has 0 saturated carbocycles. The lowest BCUT2D eigenvalue weighted by molar-refractivity contribution is -0.112. The second-order valence-electron chi connectivity index (χ2n) is 7.21. The quantitative estimate of drug-likeness (QED) is 0.393. The maximum atomic E-state index is 14.0. The SMILES string of the molecule is COc1ccc(/C=C(\C#N)C(=O)Nc2ccc(C)c(C)c2)c(OCc2ccccc2F)c1. The lowest BCUT2D eigenvalue weighted by atomic mass is 10.1. The number of ether oxygens (including phenoxy) is 2. The van der Waals surface area contributed by atoms with E-state index in [1.807, 2.05) is 32.0 Å². The van der Waals surface area contributed by atoms with Crippen molar-refractivity contribution in [3.63, 3.8) is 0 Å². The van der Waals surface area contributed by atoms with Crippen LogP contribution < -0.4 is 14.8 Å². The molecule has 0 unspecified atom stereocenters. The maximum absolute atomic E-state index is 14.0. The first kappa shape index (κ1) is 22.6. The summed E-state index contributed by atoms with van der Waals surface area (Å²) in [6.07, 6.45) is 1.44. The van der Waals surface area contributed by atoms with Gasteiger partial charge in [-0.15, -0.1) is 0 Å². The zero-order valence-electron chi connectivity index (χ0n) is 18.1. The topological polar surface area (TPSA) is 71.3 Å². The maximum Gasteiger partial charge on any atom is 0.266 e. The van der Waals surface area contributed by atoms with Gasteiger partial charge < -0.3 is 14.8 Å². The Bertz CT molecular complexity index is 1210. The summed E-state index contributed by atoms with van der Waals surface area (Å²) in [5.41, 5.74) is 3.53. The Balaban J connectivity index is 1.87. The highest BCUT2D eigenvalue weighted by atomic mass is 19.1. The number of carbonyl (C=O) groups is 1. The van der Waals surface area contributed by atoms with Gasteiger partial charge in [0.25, 0.3) is 5.91 Å². The van der Waals surface area contributed by atoms with Gasteiger partial charge in [0.2, 0.25) is 0 Å². The molecule has 0 saturated heterocycles. The Labute approximate surface area is 186 Å². The largest absolute Gasteiger partial charge is 0.497 e. The average molecular weight is 430 g/mol. The first-order valence-electron chi connectivity index (χ1n) is 9.96. The van der Waals surface area contributed by atoms with Crippen LogP contribution in [0, 0.1) is 31.0 Å². The Kier molecular flexibility index (Phi) is 7.25. The first-order valence-corrected chi connectivity index (χ1v) is 9.96. The van der Waals surface area contributed by atoms with Crippen molar-refractivity contribution in [1.82, 2.24) is 0 Å². The molecule has 1 N–H and O–H groups in total. The number of nitrogens with zero attached hydrogens (tertiary/aromatic N) is 1. The predicted octanol–water partition coefficient (Wildman–Crippen LogP) is 5.58. The zero-order chi connectivity index (χ0) is 23.1. The fourth-order valence-electron chi connectivity index (χ4n) is 2.98. The van der Waals surface area contributed by atoms with Crippen molar-refractivity contribution in [3.8, 4) is 17.6 Å². The molecule has 0 atom stereocenters. The van der Waals surface area contributed by atoms with Gasteiger partial charge in [0.05, 0.1) is 7.11 Å². The highest BCUT2D eigenvalue weighted by molar-refractivity contribution is 6.09. The molecule has 6 heteroatoms. The lowest BCUT2D eigenvalue weighted by Crippen LogP contribution is -2.13. The van der Waals surface area contributed by atoms with Crippen molar-refractivity contribution in [2.24, 2.45) is 0 Å². The fraction of sp³-hybridized carbons (Fsp3) is 0.154. The number of methoxy groups -OCH3 is 1. The van der Waals surface area contributed by atoms with Crippen molar-refractivity contribution in [1.29, 1.82) is 5.26 Å². The molecule has 0 radical (unpaired) electrons. The van der Waals surface area contributed by atoms with Crippen LogP contribution in [-0.4, -0.2) is 13.0 Å². The highest BCUT2D eigenvalue weighted by Gasteiger charge is 2.13. The molecule has 0 aliphatic rings. The third-order valence-corrected chi connectivity index (χ3v) is 4.99. The lowest BCUT2D eigenvalue weighted by Gasteiger charge is -2.12. The third-order valence-electron chi connectivity index (χ3n) is 4.99. The van der Waals surface area contributed by atoms with Crippen LogP contribution in [0.25, 0.3) is 6.08 Å². The van der Waals surface area contributed by atoms with Gasteiger partial charge in [0.15, 0.2) is 0 Å². The van der Waals surface area contributed by atoms with E-state index >= 15 is 0 Å². The standard InChI is InChI=1S/C26H23FN2O3/c1-17-8-10-22(12-18(17)2)29-26(30)21(15-28)13-19-9-11-23(31-3)14-25(19)32-16-20-6-4-5-7-24(20)27/h4-14H,16H2,1-3H3,(H,29,30)/b21-13+. The summed E-state index contributed by atoms with van der Waals surface area (Å²) >= 11 is 0. The van der Waals surface area contributed by atoms with E-state index in [0.29, 0.717) is 28.3 Å². The van der Waals surface area contributed by atoms with E-state index in [2.05, 4.69) is 5.32 Å². The first-order chi connectivity index (χ1) is 15.4. The number of amides is 1. The van der Waals surface area contributed by atoms with Crippen molar-refractivity contribution < 1.29 is 18.7 Å². The van der Waals surface area contributed by atoms with E-state index in [9.17, 15) is 14.4 Å². The third kappa shape index (κ3) is 5.52. The number of aryl methyl sites for hydroxylation is 2. The summed E-state index contributed by atoms with van der Waals surface area (Å²) in [7, 11) is 1.52. The van der Waals surface area contributed by atoms with Crippen LogP contribution in [-0.2, 0) is 11.4 Å². The summed E-state index contributed by atoms with van der Waals surface area (Å²) in [4.78, 5) is 12.7. The molecule has 3 aromatic rings. The number of halogens is 1. The number of hydrogen-bond donors (Lipinski definition) is 1. The van der Waals surface area contributed by atoms with Crippen molar-refractivity contribution >= 4 is 17.7 Å². The van der Waals surface area contributed by atoms with E-state index < -0.39 is 5.91 Å². The van der Waals surface area contributed by atoms with E-state index in [1.165, 1.54) is 19.3 Å². The highest BCUT2D eigenvalue weighted by Crippen LogP contribution is 2.28. The molecule has 0 aliphatic carbocycles. The Morgan fingerprint density at radius 1 is 1.09 bits per heavy atom. The molecule has 32 heavy (non-hydrogen) atoms. The monoisotopic (exact) mass is 430 g/mol. The molecular formula is C26H23FN2O3. The molecular weight excluding hydrogens is 407 g/mol. The predicted molar refractivity (Wildman–Crippen MR) is 122 cm³/mol. The molecule has 0 spiro atoms. The van der Waals surface area contributed by atoms with Gasteiger partial charge in [-0.25, -0.2) is 4.39 Å². The normalized spacial score (nSPS) is 10.9. The summed E-state index contributed by atoms with van der Waals surface area (Å²) in [6, 6.07) is 18.8. The number of carbonyl (C=O) groups excluding carboxylic acids is 1. The summed E-state index contributed by atoms with van der Waals surface area (Å²) < 4.78 is 25.0. The van der Waals surface area contributed by atoms with E-state index in [0.717, 1.165) is 11.1 Å². The minimum Gasteiger partial charge on any atom is -0.497 e. The second-order valence-corrected chi connectivity index (χ2v) is 7.21. The van der Waals surface area contributed by atoms with Crippen LogP contribution in [0.1, 0.15) is 22.3 Å². The Hall–Kier alpha value is -4.11. The molecule has 0 aromatic heterocycles. The molecule has 3 aromatic carbocycles.